The third kappa shape index (κ3) is 3.23. The average Bonchev–Trinajstić information content (AvgIpc) is 2.27. The number of nitrogens with two attached hydrogens (primary N) is 1. The van der Waals surface area contributed by atoms with Crippen LogP contribution in [0.1, 0.15) is 23.6 Å². The van der Waals surface area contributed by atoms with Gasteiger partial charge >= 0.3 is 6.18 Å². The SMILES string of the molecule is C=CC[C@H](N)c1ccc(OC)cc1C(F)(F)F. The second-order valence-corrected chi connectivity index (χ2v) is 3.58. The minimum atomic E-state index is -4.44. The molecule has 0 aliphatic rings. The van der Waals surface area contributed by atoms with Gasteiger partial charge < -0.3 is 10.5 Å². The quantitative estimate of drug-likeness (QED) is 0.826. The molecule has 2 N–H and O–H groups in total. The van der Waals surface area contributed by atoms with Gasteiger partial charge in [-0.15, -0.1) is 6.58 Å². The fraction of sp³-hybridized carbons (Fsp3) is 0.333. The highest BCUT2D eigenvalue weighted by atomic mass is 19.4. The van der Waals surface area contributed by atoms with Crippen molar-refractivity contribution in [3.8, 4) is 5.75 Å². The molecule has 0 fully saturated rings. The molecule has 0 aromatic heterocycles. The van der Waals surface area contributed by atoms with Crippen LogP contribution in [0.3, 0.4) is 0 Å². The molecule has 0 aliphatic heterocycles. The molecule has 17 heavy (non-hydrogen) atoms. The van der Waals surface area contributed by atoms with Crippen molar-refractivity contribution in [1.29, 1.82) is 0 Å². The second-order valence-electron chi connectivity index (χ2n) is 3.58. The number of halogens is 3. The highest BCUT2D eigenvalue weighted by molar-refractivity contribution is 5.39. The van der Waals surface area contributed by atoms with Crippen molar-refractivity contribution in [3.63, 3.8) is 0 Å². The molecule has 0 bridgehead atoms. The molecule has 0 heterocycles. The van der Waals surface area contributed by atoms with E-state index < -0.39 is 17.8 Å². The maximum Gasteiger partial charge on any atom is 0.416 e. The number of benzene rings is 1. The first-order valence-electron chi connectivity index (χ1n) is 5.01. The van der Waals surface area contributed by atoms with Crippen LogP contribution in [0, 0.1) is 0 Å². The summed E-state index contributed by atoms with van der Waals surface area (Å²) in [7, 11) is 1.32. The fourth-order valence-corrected chi connectivity index (χ4v) is 1.54. The standard InChI is InChI=1S/C12H14F3NO/c1-3-4-11(16)9-6-5-8(17-2)7-10(9)12(13,14)15/h3,5-7,11H,1,4,16H2,2H3/t11-/m0/s1. The molecular formula is C12H14F3NO. The zero-order valence-corrected chi connectivity index (χ0v) is 9.42. The number of methoxy groups -OCH3 is 1. The van der Waals surface area contributed by atoms with Crippen LogP contribution in [0.25, 0.3) is 0 Å². The molecule has 0 spiro atoms. The largest absolute Gasteiger partial charge is 0.497 e. The van der Waals surface area contributed by atoms with E-state index in [1.165, 1.54) is 25.3 Å². The predicted octanol–water partition coefficient (Wildman–Crippen LogP) is 3.29. The highest BCUT2D eigenvalue weighted by Gasteiger charge is 2.34. The van der Waals surface area contributed by atoms with E-state index in [2.05, 4.69) is 6.58 Å². The first-order valence-corrected chi connectivity index (χ1v) is 5.01. The minimum Gasteiger partial charge on any atom is -0.497 e. The molecule has 0 unspecified atom stereocenters. The summed E-state index contributed by atoms with van der Waals surface area (Å²) in [6.45, 7) is 3.47. The molecule has 1 atom stereocenters. The number of rotatable bonds is 4. The lowest BCUT2D eigenvalue weighted by Crippen LogP contribution is -2.17. The van der Waals surface area contributed by atoms with Gasteiger partial charge in [-0.2, -0.15) is 13.2 Å². The molecule has 0 saturated heterocycles. The number of alkyl halides is 3. The van der Waals surface area contributed by atoms with E-state index in [9.17, 15) is 13.2 Å². The molecule has 1 rings (SSSR count). The van der Waals surface area contributed by atoms with E-state index in [1.54, 1.807) is 0 Å². The van der Waals surface area contributed by atoms with Crippen LogP contribution < -0.4 is 10.5 Å². The smallest absolute Gasteiger partial charge is 0.416 e. The molecule has 1 aromatic carbocycles. The van der Waals surface area contributed by atoms with Crippen LogP contribution in [0.5, 0.6) is 5.75 Å². The Morgan fingerprint density at radius 3 is 2.59 bits per heavy atom. The Hall–Kier alpha value is -1.49. The van der Waals surface area contributed by atoms with Gasteiger partial charge in [-0.25, -0.2) is 0 Å². The van der Waals surface area contributed by atoms with E-state index in [-0.39, 0.29) is 17.7 Å². The van der Waals surface area contributed by atoms with Gasteiger partial charge in [0.15, 0.2) is 0 Å². The van der Waals surface area contributed by atoms with Gasteiger partial charge in [-0.3, -0.25) is 0 Å². The maximum absolute atomic E-state index is 12.8. The summed E-state index contributed by atoms with van der Waals surface area (Å²) in [5, 5.41) is 0. The third-order valence-electron chi connectivity index (χ3n) is 2.39. The Balaban J connectivity index is 3.24. The molecule has 1 aromatic rings. The van der Waals surface area contributed by atoms with E-state index in [1.807, 2.05) is 0 Å². The van der Waals surface area contributed by atoms with Gasteiger partial charge in [0.1, 0.15) is 5.75 Å². The van der Waals surface area contributed by atoms with Crippen molar-refractivity contribution in [3.05, 3.63) is 42.0 Å². The number of ether oxygens (including phenoxy) is 1. The van der Waals surface area contributed by atoms with Gasteiger partial charge in [0.2, 0.25) is 0 Å². The van der Waals surface area contributed by atoms with E-state index in [0.717, 1.165) is 6.07 Å². The van der Waals surface area contributed by atoms with Crippen molar-refractivity contribution in [2.75, 3.05) is 7.11 Å². The maximum atomic E-state index is 12.8. The molecule has 0 aliphatic carbocycles. The molecule has 5 heteroatoms. The van der Waals surface area contributed by atoms with Crippen molar-refractivity contribution in [2.45, 2.75) is 18.6 Å². The lowest BCUT2D eigenvalue weighted by molar-refractivity contribution is -0.138. The number of hydrogen-bond acceptors (Lipinski definition) is 2. The average molecular weight is 245 g/mol. The Kier molecular flexibility index (Phi) is 4.17. The topological polar surface area (TPSA) is 35.2 Å². The van der Waals surface area contributed by atoms with Gasteiger partial charge in [0.25, 0.3) is 0 Å². The predicted molar refractivity (Wildman–Crippen MR) is 59.7 cm³/mol. The van der Waals surface area contributed by atoms with Crippen molar-refractivity contribution >= 4 is 0 Å². The molecule has 0 saturated carbocycles. The van der Waals surface area contributed by atoms with Crippen LogP contribution in [0.2, 0.25) is 0 Å². The van der Waals surface area contributed by atoms with Crippen molar-refractivity contribution in [1.82, 2.24) is 0 Å². The van der Waals surface area contributed by atoms with E-state index in [4.69, 9.17) is 10.5 Å². The zero-order valence-electron chi connectivity index (χ0n) is 9.42. The van der Waals surface area contributed by atoms with Crippen LogP contribution in [0.15, 0.2) is 30.9 Å². The Morgan fingerprint density at radius 1 is 1.47 bits per heavy atom. The lowest BCUT2D eigenvalue weighted by Gasteiger charge is -2.18. The normalized spacial score (nSPS) is 13.2. The lowest BCUT2D eigenvalue weighted by atomic mass is 9.98. The summed E-state index contributed by atoms with van der Waals surface area (Å²) in [5.74, 6) is 0.159. The number of hydrogen-bond donors (Lipinski definition) is 1. The van der Waals surface area contributed by atoms with Crippen LogP contribution >= 0.6 is 0 Å². The molecule has 0 amide bonds. The van der Waals surface area contributed by atoms with Gasteiger partial charge in [-0.1, -0.05) is 12.1 Å². The minimum absolute atomic E-state index is 0.0539. The monoisotopic (exact) mass is 245 g/mol. The highest BCUT2D eigenvalue weighted by Crippen LogP contribution is 2.37. The summed E-state index contributed by atoms with van der Waals surface area (Å²) < 4.78 is 43.3. The van der Waals surface area contributed by atoms with Crippen LogP contribution in [0.4, 0.5) is 13.2 Å². The van der Waals surface area contributed by atoms with E-state index in [0.29, 0.717) is 0 Å². The molecule has 94 valence electrons. The van der Waals surface area contributed by atoms with Crippen LogP contribution in [-0.2, 0) is 6.18 Å². The van der Waals surface area contributed by atoms with Crippen LogP contribution in [-0.4, -0.2) is 7.11 Å². The Labute approximate surface area is 97.9 Å². The molecule has 2 nitrogen and oxygen atoms in total. The summed E-state index contributed by atoms with van der Waals surface area (Å²) in [6.07, 6.45) is -2.66. The van der Waals surface area contributed by atoms with Crippen molar-refractivity contribution < 1.29 is 17.9 Å². The molecular weight excluding hydrogens is 231 g/mol. The second kappa shape index (κ2) is 5.23. The van der Waals surface area contributed by atoms with E-state index >= 15 is 0 Å². The summed E-state index contributed by atoms with van der Waals surface area (Å²) in [4.78, 5) is 0. The first kappa shape index (κ1) is 13.6. The Morgan fingerprint density at radius 2 is 2.12 bits per heavy atom. The van der Waals surface area contributed by atoms with Gasteiger partial charge in [-0.05, 0) is 24.1 Å². The Bertz CT molecular complexity index is 401. The first-order chi connectivity index (χ1) is 7.90. The summed E-state index contributed by atoms with van der Waals surface area (Å²) >= 11 is 0. The zero-order chi connectivity index (χ0) is 13.1. The van der Waals surface area contributed by atoms with Gasteiger partial charge in [0, 0.05) is 6.04 Å². The summed E-state index contributed by atoms with van der Waals surface area (Å²) in [5.41, 5.74) is 4.98. The fourth-order valence-electron chi connectivity index (χ4n) is 1.54. The van der Waals surface area contributed by atoms with Gasteiger partial charge in [0.05, 0.1) is 12.7 Å². The summed E-state index contributed by atoms with van der Waals surface area (Å²) in [6, 6.07) is 3.05. The van der Waals surface area contributed by atoms with Crippen molar-refractivity contribution in [2.24, 2.45) is 5.73 Å². The molecule has 0 radical (unpaired) electrons. The third-order valence-corrected chi connectivity index (χ3v) is 2.39.